The minimum absolute atomic E-state index is 0.0897. The molecule has 0 atom stereocenters. The van der Waals surface area contributed by atoms with E-state index in [0.29, 0.717) is 42.9 Å². The Hall–Kier alpha value is -1.90. The maximum Gasteiger partial charge on any atom is 0.244 e. The van der Waals surface area contributed by atoms with Crippen LogP contribution in [0.1, 0.15) is 68.9 Å². The van der Waals surface area contributed by atoms with Gasteiger partial charge in [-0.05, 0) is 63.6 Å². The highest BCUT2D eigenvalue weighted by Crippen LogP contribution is 2.38. The average molecular weight is 435 g/mol. The zero-order valence-electron chi connectivity index (χ0n) is 17.6. The van der Waals surface area contributed by atoms with E-state index in [1.807, 2.05) is 6.92 Å². The van der Waals surface area contributed by atoms with Crippen LogP contribution in [0.5, 0.6) is 5.75 Å². The van der Waals surface area contributed by atoms with Crippen molar-refractivity contribution < 1.29 is 22.7 Å². The van der Waals surface area contributed by atoms with Gasteiger partial charge in [-0.1, -0.05) is 12.8 Å². The normalized spacial score (nSPS) is 23.0. The molecular weight excluding hydrogens is 404 g/mol. The number of aryl methyl sites for hydroxylation is 1. The number of methoxy groups -OCH3 is 1. The smallest absolute Gasteiger partial charge is 0.244 e. The van der Waals surface area contributed by atoms with Gasteiger partial charge in [-0.25, -0.2) is 18.1 Å². The van der Waals surface area contributed by atoms with E-state index >= 15 is 0 Å². The highest BCUT2D eigenvalue weighted by Gasteiger charge is 2.29. The molecule has 0 aliphatic heterocycles. The van der Waals surface area contributed by atoms with Gasteiger partial charge in [-0.15, -0.1) is 0 Å². The van der Waals surface area contributed by atoms with Gasteiger partial charge >= 0.3 is 0 Å². The molecule has 4 rings (SSSR count). The number of hydrogen-bond donors (Lipinski definition) is 2. The highest BCUT2D eigenvalue weighted by molar-refractivity contribution is 7.89. The summed E-state index contributed by atoms with van der Waals surface area (Å²) in [6.07, 6.45) is 6.65. The quantitative estimate of drug-likeness (QED) is 0.715. The van der Waals surface area contributed by atoms with Gasteiger partial charge in [0.15, 0.2) is 11.7 Å². The van der Waals surface area contributed by atoms with Crippen LogP contribution in [0.25, 0.3) is 11.3 Å². The van der Waals surface area contributed by atoms with Gasteiger partial charge in [0.25, 0.3) is 0 Å². The van der Waals surface area contributed by atoms with Crippen LogP contribution < -0.4 is 9.46 Å². The van der Waals surface area contributed by atoms with E-state index < -0.39 is 10.0 Å². The molecule has 0 spiro atoms. The second-order valence-electron chi connectivity index (χ2n) is 8.44. The molecule has 2 aliphatic carbocycles. The van der Waals surface area contributed by atoms with Crippen LogP contribution in [-0.4, -0.2) is 37.8 Å². The van der Waals surface area contributed by atoms with Crippen molar-refractivity contribution in [3.8, 4) is 17.1 Å². The van der Waals surface area contributed by atoms with Crippen LogP contribution in [0.2, 0.25) is 0 Å². The first kappa shape index (κ1) is 21.3. The Kier molecular flexibility index (Phi) is 6.18. The third kappa shape index (κ3) is 4.40. The number of sulfonamides is 1. The zero-order chi connectivity index (χ0) is 21.3. The van der Waals surface area contributed by atoms with E-state index in [-0.39, 0.29) is 22.8 Å². The summed E-state index contributed by atoms with van der Waals surface area (Å²) in [4.78, 5) is 4.71. The second kappa shape index (κ2) is 8.69. The molecule has 0 radical (unpaired) electrons. The number of rotatable bonds is 6. The van der Waals surface area contributed by atoms with Gasteiger partial charge < -0.3 is 14.3 Å². The third-order valence-corrected chi connectivity index (χ3v) is 7.79. The number of aromatic nitrogens is 1. The lowest BCUT2D eigenvalue weighted by atomic mass is 9.94. The average Bonchev–Trinajstić information content (AvgIpc) is 3.39. The van der Waals surface area contributed by atoms with E-state index in [2.05, 4.69) is 9.71 Å². The molecule has 2 saturated carbocycles. The van der Waals surface area contributed by atoms with Crippen molar-refractivity contribution in [2.45, 2.75) is 81.2 Å². The summed E-state index contributed by atoms with van der Waals surface area (Å²) >= 11 is 0. The predicted octanol–water partition coefficient (Wildman–Crippen LogP) is 3.90. The molecule has 2 aliphatic rings. The molecule has 0 unspecified atom stereocenters. The summed E-state index contributed by atoms with van der Waals surface area (Å²) in [6, 6.07) is 4.88. The third-order valence-electron chi connectivity index (χ3n) is 6.25. The molecule has 0 saturated heterocycles. The maximum atomic E-state index is 13.1. The number of aliphatic hydroxyl groups is 1. The van der Waals surface area contributed by atoms with Gasteiger partial charge in [0.1, 0.15) is 10.6 Å². The monoisotopic (exact) mass is 434 g/mol. The molecule has 2 N–H and O–H groups in total. The fraction of sp³-hybridized carbons (Fsp3) is 0.591. The Morgan fingerprint density at radius 3 is 2.50 bits per heavy atom. The Bertz CT molecular complexity index is 987. The van der Waals surface area contributed by atoms with Crippen molar-refractivity contribution in [2.24, 2.45) is 0 Å². The highest BCUT2D eigenvalue weighted by atomic mass is 32.2. The fourth-order valence-electron chi connectivity index (χ4n) is 4.54. The number of oxazole rings is 1. The molecule has 0 amide bonds. The number of ether oxygens (including phenoxy) is 1. The summed E-state index contributed by atoms with van der Waals surface area (Å²) in [7, 11) is -2.33. The van der Waals surface area contributed by atoms with Gasteiger partial charge in [0.05, 0.1) is 18.9 Å². The zero-order valence-corrected chi connectivity index (χ0v) is 18.4. The maximum absolute atomic E-state index is 13.1. The number of benzene rings is 1. The standard InChI is InChI=1S/C22H30N2O5S/c1-14-21(29-22(23-14)15-5-3-4-6-15)16-7-12-19(28-2)20(13-16)30(26,27)24-17-8-10-18(25)11-9-17/h7,12-13,15,17-18,24-25H,3-6,8-11H2,1-2H3. The summed E-state index contributed by atoms with van der Waals surface area (Å²) in [5.41, 5.74) is 1.43. The molecular formula is C22H30N2O5S. The van der Waals surface area contributed by atoms with Crippen molar-refractivity contribution in [1.82, 2.24) is 9.71 Å². The first-order valence-electron chi connectivity index (χ1n) is 10.7. The summed E-state index contributed by atoms with van der Waals surface area (Å²) in [5.74, 6) is 1.99. The van der Waals surface area contributed by atoms with Crippen LogP contribution in [0.15, 0.2) is 27.5 Å². The van der Waals surface area contributed by atoms with Crippen LogP contribution >= 0.6 is 0 Å². The number of nitrogens with one attached hydrogen (secondary N) is 1. The van der Waals surface area contributed by atoms with Crippen molar-refractivity contribution >= 4 is 10.0 Å². The molecule has 8 heteroatoms. The first-order chi connectivity index (χ1) is 14.4. The molecule has 7 nitrogen and oxygen atoms in total. The van der Waals surface area contributed by atoms with Crippen LogP contribution in [0, 0.1) is 6.92 Å². The minimum atomic E-state index is -3.79. The van der Waals surface area contributed by atoms with Crippen molar-refractivity contribution in [3.05, 3.63) is 29.8 Å². The van der Waals surface area contributed by atoms with Crippen LogP contribution in [0.3, 0.4) is 0 Å². The van der Waals surface area contributed by atoms with E-state index in [1.165, 1.54) is 20.0 Å². The Balaban J connectivity index is 1.64. The molecule has 1 heterocycles. The van der Waals surface area contributed by atoms with Gasteiger partial charge in [0.2, 0.25) is 10.0 Å². The first-order valence-corrected chi connectivity index (χ1v) is 12.2. The van der Waals surface area contributed by atoms with Crippen molar-refractivity contribution in [2.75, 3.05) is 7.11 Å². The van der Waals surface area contributed by atoms with Crippen LogP contribution in [-0.2, 0) is 10.0 Å². The van der Waals surface area contributed by atoms with E-state index in [4.69, 9.17) is 9.15 Å². The van der Waals surface area contributed by atoms with E-state index in [0.717, 1.165) is 24.4 Å². The predicted molar refractivity (Wildman–Crippen MR) is 113 cm³/mol. The minimum Gasteiger partial charge on any atom is -0.495 e. The Labute approximate surface area is 177 Å². The summed E-state index contributed by atoms with van der Waals surface area (Å²) < 4.78 is 40.5. The fourth-order valence-corrected chi connectivity index (χ4v) is 6.04. The molecule has 0 bridgehead atoms. The molecule has 2 fully saturated rings. The Morgan fingerprint density at radius 2 is 1.83 bits per heavy atom. The lowest BCUT2D eigenvalue weighted by Gasteiger charge is -2.26. The van der Waals surface area contributed by atoms with Gasteiger partial charge in [0, 0.05) is 17.5 Å². The van der Waals surface area contributed by atoms with Crippen molar-refractivity contribution in [3.63, 3.8) is 0 Å². The lowest BCUT2D eigenvalue weighted by molar-refractivity contribution is 0.120. The van der Waals surface area contributed by atoms with Crippen LogP contribution in [0.4, 0.5) is 0 Å². The molecule has 1 aromatic carbocycles. The molecule has 2 aromatic rings. The topological polar surface area (TPSA) is 102 Å². The summed E-state index contributed by atoms with van der Waals surface area (Å²) in [5, 5.41) is 9.68. The second-order valence-corrected chi connectivity index (χ2v) is 10.1. The number of hydrogen-bond acceptors (Lipinski definition) is 6. The number of aliphatic hydroxyl groups excluding tert-OH is 1. The Morgan fingerprint density at radius 1 is 1.13 bits per heavy atom. The van der Waals surface area contributed by atoms with E-state index in [1.54, 1.807) is 18.2 Å². The number of nitrogens with zero attached hydrogens (tertiary/aromatic N) is 1. The molecule has 30 heavy (non-hydrogen) atoms. The SMILES string of the molecule is COc1ccc(-c2oc(C3CCCC3)nc2C)cc1S(=O)(=O)NC1CCC(O)CC1. The van der Waals surface area contributed by atoms with Gasteiger partial charge in [-0.2, -0.15) is 0 Å². The van der Waals surface area contributed by atoms with Crippen molar-refractivity contribution in [1.29, 1.82) is 0 Å². The molecule has 164 valence electrons. The summed E-state index contributed by atoms with van der Waals surface area (Å²) in [6.45, 7) is 1.89. The molecule has 1 aromatic heterocycles. The lowest BCUT2D eigenvalue weighted by Crippen LogP contribution is -2.38. The largest absolute Gasteiger partial charge is 0.495 e. The van der Waals surface area contributed by atoms with Gasteiger partial charge in [-0.3, -0.25) is 0 Å². The van der Waals surface area contributed by atoms with E-state index in [9.17, 15) is 13.5 Å².